The molecule has 3 rings (SSSR count). The van der Waals surface area contributed by atoms with Crippen LogP contribution in [-0.4, -0.2) is 62.8 Å². The van der Waals surface area contributed by atoms with Crippen molar-refractivity contribution < 1.29 is 4.79 Å². The number of nitrogens with two attached hydrogens (primary N) is 1. The van der Waals surface area contributed by atoms with Gasteiger partial charge >= 0.3 is 0 Å². The molecule has 0 aromatic carbocycles. The minimum atomic E-state index is -0.405. The highest BCUT2D eigenvalue weighted by atomic mass is 16.2. The quantitative estimate of drug-likeness (QED) is 0.862. The molecular weight excluding hydrogens is 294 g/mol. The lowest BCUT2D eigenvalue weighted by molar-refractivity contribution is -0.134. The number of piperazine rings is 1. The van der Waals surface area contributed by atoms with Crippen LogP contribution in [0.3, 0.4) is 0 Å². The summed E-state index contributed by atoms with van der Waals surface area (Å²) in [6.07, 6.45) is 2.50. The highest BCUT2D eigenvalue weighted by Crippen LogP contribution is 2.15. The molecule has 0 saturated carbocycles. The van der Waals surface area contributed by atoms with Crippen LogP contribution in [-0.2, 0) is 4.79 Å². The molecule has 2 N–H and O–H groups in total. The molecule has 1 saturated heterocycles. The maximum Gasteiger partial charge on any atom is 0.239 e. The van der Waals surface area contributed by atoms with Gasteiger partial charge in [0.15, 0.2) is 5.65 Å². The van der Waals surface area contributed by atoms with E-state index in [9.17, 15) is 4.79 Å². The summed E-state index contributed by atoms with van der Waals surface area (Å²) in [5, 5.41) is 12.3. The summed E-state index contributed by atoms with van der Waals surface area (Å²) in [6, 6.07) is 3.43. The minimum absolute atomic E-state index is 0.0567. The van der Waals surface area contributed by atoms with E-state index in [1.165, 1.54) is 0 Å². The fourth-order valence-electron chi connectivity index (χ4n) is 2.75. The van der Waals surface area contributed by atoms with E-state index in [-0.39, 0.29) is 11.8 Å². The first-order valence-corrected chi connectivity index (χ1v) is 8.06. The smallest absolute Gasteiger partial charge is 0.239 e. The summed E-state index contributed by atoms with van der Waals surface area (Å²) in [7, 11) is 0. The van der Waals surface area contributed by atoms with Gasteiger partial charge in [0.05, 0.1) is 6.04 Å². The Bertz CT molecular complexity index is 677. The molecule has 124 valence electrons. The third kappa shape index (κ3) is 3.12. The Morgan fingerprint density at radius 3 is 2.74 bits per heavy atom. The summed E-state index contributed by atoms with van der Waals surface area (Å²) in [6.45, 7) is 6.93. The standard InChI is InChI=1S/C15H23N7O/c1-3-11(2)14(16)15(23)21-8-6-20(7-9-21)13-5-4-12-18-17-10-22(12)19-13/h4-5,10-11,14H,3,6-9,16H2,1-2H3. The van der Waals surface area contributed by atoms with Crippen LogP contribution in [0.15, 0.2) is 18.5 Å². The third-order valence-electron chi connectivity index (χ3n) is 4.61. The van der Waals surface area contributed by atoms with Gasteiger partial charge in [0, 0.05) is 26.2 Å². The maximum absolute atomic E-state index is 12.4. The van der Waals surface area contributed by atoms with Crippen LogP contribution < -0.4 is 10.6 Å². The van der Waals surface area contributed by atoms with Gasteiger partial charge in [-0.05, 0) is 18.1 Å². The van der Waals surface area contributed by atoms with Gasteiger partial charge in [-0.3, -0.25) is 4.79 Å². The minimum Gasteiger partial charge on any atom is -0.352 e. The molecule has 0 bridgehead atoms. The Labute approximate surface area is 135 Å². The molecule has 0 aliphatic carbocycles. The molecule has 2 aromatic heterocycles. The van der Waals surface area contributed by atoms with Crippen molar-refractivity contribution in [3.05, 3.63) is 18.5 Å². The first-order valence-electron chi connectivity index (χ1n) is 8.06. The monoisotopic (exact) mass is 317 g/mol. The first kappa shape index (κ1) is 15.7. The van der Waals surface area contributed by atoms with Crippen molar-refractivity contribution >= 4 is 17.4 Å². The van der Waals surface area contributed by atoms with Crippen molar-refractivity contribution in [1.29, 1.82) is 0 Å². The van der Waals surface area contributed by atoms with Crippen LogP contribution in [0.2, 0.25) is 0 Å². The van der Waals surface area contributed by atoms with E-state index in [2.05, 4.69) is 27.1 Å². The molecule has 0 spiro atoms. The predicted octanol–water partition coefficient (Wildman–Crippen LogP) is 0.146. The number of carbonyl (C=O) groups is 1. The van der Waals surface area contributed by atoms with E-state index in [1.54, 1.807) is 10.8 Å². The van der Waals surface area contributed by atoms with Gasteiger partial charge in [-0.2, -0.15) is 4.52 Å². The molecule has 1 fully saturated rings. The number of hydrogen-bond acceptors (Lipinski definition) is 6. The number of carbonyl (C=O) groups excluding carboxylic acids is 1. The van der Waals surface area contributed by atoms with Crippen molar-refractivity contribution in [2.75, 3.05) is 31.1 Å². The molecular formula is C15H23N7O. The second kappa shape index (κ2) is 6.49. The topological polar surface area (TPSA) is 92.7 Å². The van der Waals surface area contributed by atoms with Crippen LogP contribution in [0.4, 0.5) is 5.82 Å². The fourth-order valence-corrected chi connectivity index (χ4v) is 2.75. The summed E-state index contributed by atoms with van der Waals surface area (Å²) in [5.74, 6) is 1.13. The largest absolute Gasteiger partial charge is 0.352 e. The molecule has 8 nitrogen and oxygen atoms in total. The van der Waals surface area contributed by atoms with Crippen molar-refractivity contribution in [3.63, 3.8) is 0 Å². The Morgan fingerprint density at radius 1 is 1.30 bits per heavy atom. The van der Waals surface area contributed by atoms with E-state index in [0.29, 0.717) is 13.1 Å². The fraction of sp³-hybridized carbons (Fsp3) is 0.600. The highest BCUT2D eigenvalue weighted by Gasteiger charge is 2.28. The van der Waals surface area contributed by atoms with Gasteiger partial charge in [-0.1, -0.05) is 20.3 Å². The van der Waals surface area contributed by atoms with Crippen LogP contribution >= 0.6 is 0 Å². The van der Waals surface area contributed by atoms with Gasteiger partial charge in [0.1, 0.15) is 12.1 Å². The molecule has 23 heavy (non-hydrogen) atoms. The molecule has 2 atom stereocenters. The van der Waals surface area contributed by atoms with Crippen molar-refractivity contribution in [3.8, 4) is 0 Å². The second-order valence-corrected chi connectivity index (χ2v) is 6.05. The molecule has 3 heterocycles. The first-order chi connectivity index (χ1) is 11.1. The molecule has 1 amide bonds. The van der Waals surface area contributed by atoms with E-state index in [0.717, 1.165) is 31.0 Å². The molecule has 0 radical (unpaired) electrons. The Morgan fingerprint density at radius 2 is 2.04 bits per heavy atom. The van der Waals surface area contributed by atoms with Gasteiger partial charge in [0.2, 0.25) is 5.91 Å². The number of rotatable bonds is 4. The average Bonchev–Trinajstić information content (AvgIpc) is 3.07. The number of hydrogen-bond donors (Lipinski definition) is 1. The van der Waals surface area contributed by atoms with Crippen LogP contribution in [0, 0.1) is 5.92 Å². The zero-order valence-corrected chi connectivity index (χ0v) is 13.6. The Balaban J connectivity index is 1.62. The number of fused-ring (bicyclic) bond motifs is 1. The van der Waals surface area contributed by atoms with Crippen molar-refractivity contribution in [2.24, 2.45) is 11.7 Å². The lowest BCUT2D eigenvalue weighted by Crippen LogP contribution is -2.54. The summed E-state index contributed by atoms with van der Waals surface area (Å²) in [5.41, 5.74) is 6.79. The zero-order valence-electron chi connectivity index (χ0n) is 13.6. The average molecular weight is 317 g/mol. The van der Waals surface area contributed by atoms with Crippen LogP contribution in [0.5, 0.6) is 0 Å². The van der Waals surface area contributed by atoms with E-state index >= 15 is 0 Å². The van der Waals surface area contributed by atoms with E-state index in [4.69, 9.17) is 5.73 Å². The zero-order chi connectivity index (χ0) is 16.4. The molecule has 2 unspecified atom stereocenters. The second-order valence-electron chi connectivity index (χ2n) is 6.05. The molecule has 1 aliphatic rings. The number of amides is 1. The third-order valence-corrected chi connectivity index (χ3v) is 4.61. The molecule has 1 aliphatic heterocycles. The van der Waals surface area contributed by atoms with E-state index in [1.807, 2.05) is 24.0 Å². The highest BCUT2D eigenvalue weighted by molar-refractivity contribution is 5.82. The molecule has 2 aromatic rings. The Hall–Kier alpha value is -2.22. The normalized spacial score (nSPS) is 18.2. The van der Waals surface area contributed by atoms with E-state index < -0.39 is 6.04 Å². The summed E-state index contributed by atoms with van der Waals surface area (Å²) < 4.78 is 1.66. The van der Waals surface area contributed by atoms with Crippen LogP contribution in [0.1, 0.15) is 20.3 Å². The van der Waals surface area contributed by atoms with Gasteiger partial charge in [-0.15, -0.1) is 15.3 Å². The van der Waals surface area contributed by atoms with Crippen molar-refractivity contribution in [1.82, 2.24) is 24.7 Å². The van der Waals surface area contributed by atoms with Crippen LogP contribution in [0.25, 0.3) is 5.65 Å². The number of anilines is 1. The lowest BCUT2D eigenvalue weighted by Gasteiger charge is -2.37. The summed E-state index contributed by atoms with van der Waals surface area (Å²) in [4.78, 5) is 16.5. The Kier molecular flexibility index (Phi) is 4.42. The number of aromatic nitrogens is 4. The van der Waals surface area contributed by atoms with Gasteiger partial charge < -0.3 is 15.5 Å². The van der Waals surface area contributed by atoms with Crippen molar-refractivity contribution in [2.45, 2.75) is 26.3 Å². The van der Waals surface area contributed by atoms with Gasteiger partial charge in [-0.25, -0.2) is 0 Å². The lowest BCUT2D eigenvalue weighted by atomic mass is 9.98. The predicted molar refractivity (Wildman–Crippen MR) is 87.0 cm³/mol. The maximum atomic E-state index is 12.4. The molecule has 8 heteroatoms. The SMILES string of the molecule is CCC(C)C(N)C(=O)N1CCN(c2ccc3nncn3n2)CC1. The van der Waals surface area contributed by atoms with Gasteiger partial charge in [0.25, 0.3) is 0 Å². The number of nitrogens with zero attached hydrogens (tertiary/aromatic N) is 6. The summed E-state index contributed by atoms with van der Waals surface area (Å²) >= 11 is 0.